The van der Waals surface area contributed by atoms with Gasteiger partial charge in [-0.2, -0.15) is 0 Å². The summed E-state index contributed by atoms with van der Waals surface area (Å²) in [5, 5.41) is 7.17. The second-order valence-electron chi connectivity index (χ2n) is 6.11. The molecule has 1 atom stereocenters. The quantitative estimate of drug-likeness (QED) is 0.803. The highest BCUT2D eigenvalue weighted by Crippen LogP contribution is 2.29. The predicted octanol–water partition coefficient (Wildman–Crippen LogP) is 3.82. The second-order valence-corrected chi connectivity index (χ2v) is 7.57. The normalized spacial score (nSPS) is 16.7. The van der Waals surface area contributed by atoms with Gasteiger partial charge in [0.2, 0.25) is 0 Å². The molecule has 140 valence electrons. The molecule has 5 nitrogen and oxygen atoms in total. The first kappa shape index (κ1) is 20.7. The number of benzene rings is 1. The van der Waals surface area contributed by atoms with Gasteiger partial charge in [-0.05, 0) is 37.6 Å². The van der Waals surface area contributed by atoms with Crippen molar-refractivity contribution in [3.63, 3.8) is 0 Å². The average Bonchev–Trinajstić information content (AvgIpc) is 2.95. The van der Waals surface area contributed by atoms with E-state index in [2.05, 4.69) is 10.6 Å². The molecule has 26 heavy (non-hydrogen) atoms. The lowest BCUT2D eigenvalue weighted by Gasteiger charge is -2.33. The van der Waals surface area contributed by atoms with Crippen molar-refractivity contribution in [2.75, 3.05) is 25.0 Å². The van der Waals surface area contributed by atoms with Gasteiger partial charge in [-0.15, -0.1) is 23.7 Å². The molecule has 0 bridgehead atoms. The minimum atomic E-state index is -0.276. The van der Waals surface area contributed by atoms with Gasteiger partial charge in [0, 0.05) is 25.7 Å². The monoisotopic (exact) mass is 413 g/mol. The minimum Gasteiger partial charge on any atom is -0.333 e. The Kier molecular flexibility index (Phi) is 7.06. The molecule has 1 aromatic heterocycles. The summed E-state index contributed by atoms with van der Waals surface area (Å²) in [6.07, 6.45) is 0. The van der Waals surface area contributed by atoms with Crippen molar-refractivity contribution in [2.45, 2.75) is 19.9 Å². The van der Waals surface area contributed by atoms with Crippen LogP contribution in [-0.4, -0.2) is 42.4 Å². The maximum atomic E-state index is 12.8. The Hall–Kier alpha value is -1.60. The zero-order valence-corrected chi connectivity index (χ0v) is 16.9. The molecule has 1 saturated heterocycles. The molecular formula is C18H21Cl2N3O2S. The molecule has 2 aromatic rings. The van der Waals surface area contributed by atoms with E-state index >= 15 is 0 Å². The van der Waals surface area contributed by atoms with Crippen LogP contribution in [0.1, 0.15) is 32.5 Å². The highest BCUT2D eigenvalue weighted by molar-refractivity contribution is 7.18. The van der Waals surface area contributed by atoms with E-state index in [9.17, 15) is 9.59 Å². The Bertz CT molecular complexity index is 809. The van der Waals surface area contributed by atoms with Crippen molar-refractivity contribution in [1.29, 1.82) is 0 Å². The number of carbonyl (C=O) groups excluding carboxylic acids is 2. The molecule has 0 unspecified atom stereocenters. The molecule has 2 N–H and O–H groups in total. The number of amides is 2. The Morgan fingerprint density at radius 1 is 1.35 bits per heavy atom. The van der Waals surface area contributed by atoms with Crippen LogP contribution in [0.15, 0.2) is 30.3 Å². The van der Waals surface area contributed by atoms with Gasteiger partial charge >= 0.3 is 0 Å². The van der Waals surface area contributed by atoms with Crippen LogP contribution in [0.4, 0.5) is 5.00 Å². The van der Waals surface area contributed by atoms with E-state index in [1.54, 1.807) is 24.3 Å². The number of carbonyl (C=O) groups is 2. The molecular weight excluding hydrogens is 393 g/mol. The van der Waals surface area contributed by atoms with E-state index in [0.717, 1.165) is 18.7 Å². The number of piperazine rings is 1. The van der Waals surface area contributed by atoms with Crippen LogP contribution < -0.4 is 10.6 Å². The highest BCUT2D eigenvalue weighted by Gasteiger charge is 2.26. The first-order valence-corrected chi connectivity index (χ1v) is 9.35. The summed E-state index contributed by atoms with van der Waals surface area (Å²) >= 11 is 7.37. The van der Waals surface area contributed by atoms with Crippen molar-refractivity contribution in [1.82, 2.24) is 10.2 Å². The van der Waals surface area contributed by atoms with E-state index in [0.29, 0.717) is 27.0 Å². The Labute approximate surface area is 168 Å². The molecule has 3 rings (SSSR count). The van der Waals surface area contributed by atoms with E-state index in [1.807, 2.05) is 24.8 Å². The van der Waals surface area contributed by atoms with Gasteiger partial charge < -0.3 is 15.5 Å². The Morgan fingerprint density at radius 2 is 2.08 bits per heavy atom. The van der Waals surface area contributed by atoms with Gasteiger partial charge in [-0.25, -0.2) is 0 Å². The van der Waals surface area contributed by atoms with Crippen LogP contribution in [-0.2, 0) is 0 Å². The minimum absolute atomic E-state index is 0. The zero-order valence-electron chi connectivity index (χ0n) is 14.5. The zero-order chi connectivity index (χ0) is 18.0. The van der Waals surface area contributed by atoms with Crippen LogP contribution >= 0.6 is 35.3 Å². The van der Waals surface area contributed by atoms with Crippen LogP contribution in [0, 0.1) is 6.92 Å². The fourth-order valence-corrected chi connectivity index (χ4v) is 4.10. The lowest BCUT2D eigenvalue weighted by molar-refractivity contribution is 0.0660. The molecule has 1 aliphatic heterocycles. The Balaban J connectivity index is 0.00000243. The van der Waals surface area contributed by atoms with Crippen molar-refractivity contribution in [3.8, 4) is 0 Å². The maximum absolute atomic E-state index is 12.8. The number of nitrogens with zero attached hydrogens (tertiary/aromatic N) is 1. The van der Waals surface area contributed by atoms with Crippen LogP contribution in [0.25, 0.3) is 0 Å². The molecule has 0 saturated carbocycles. The first-order valence-electron chi connectivity index (χ1n) is 8.15. The van der Waals surface area contributed by atoms with Gasteiger partial charge in [-0.3, -0.25) is 9.59 Å². The van der Waals surface area contributed by atoms with Crippen molar-refractivity contribution < 1.29 is 9.59 Å². The molecule has 1 aliphatic rings. The van der Waals surface area contributed by atoms with Crippen LogP contribution in [0.5, 0.6) is 0 Å². The summed E-state index contributed by atoms with van der Waals surface area (Å²) in [5.74, 6) is -0.254. The molecule has 0 aliphatic carbocycles. The largest absolute Gasteiger partial charge is 0.333 e. The molecule has 2 heterocycles. The van der Waals surface area contributed by atoms with Gasteiger partial charge in [0.1, 0.15) is 0 Å². The number of anilines is 1. The fourth-order valence-electron chi connectivity index (χ4n) is 2.85. The summed E-state index contributed by atoms with van der Waals surface area (Å²) in [4.78, 5) is 27.8. The van der Waals surface area contributed by atoms with Gasteiger partial charge in [-0.1, -0.05) is 23.7 Å². The van der Waals surface area contributed by atoms with E-state index in [1.165, 1.54) is 11.3 Å². The third-order valence-corrected chi connectivity index (χ3v) is 5.70. The molecule has 2 amide bonds. The number of hydrogen-bond donors (Lipinski definition) is 2. The molecule has 8 heteroatoms. The fraction of sp³-hybridized carbons (Fsp3) is 0.333. The van der Waals surface area contributed by atoms with Gasteiger partial charge in [0.15, 0.2) is 0 Å². The summed E-state index contributed by atoms with van der Waals surface area (Å²) < 4.78 is 0. The second kappa shape index (κ2) is 8.86. The third-order valence-electron chi connectivity index (χ3n) is 4.23. The molecule has 0 spiro atoms. The number of halogens is 2. The Morgan fingerprint density at radius 3 is 2.77 bits per heavy atom. The highest BCUT2D eigenvalue weighted by atomic mass is 35.5. The topological polar surface area (TPSA) is 61.4 Å². The average molecular weight is 414 g/mol. The molecule has 0 radical (unpaired) electrons. The summed E-state index contributed by atoms with van der Waals surface area (Å²) in [6, 6.07) is 8.88. The summed E-state index contributed by atoms with van der Waals surface area (Å²) in [5.41, 5.74) is 1.29. The SMILES string of the molecule is Cc1cc(NC(=O)c2ccccc2Cl)sc1C(=O)N1CCNC[C@H]1C.Cl. The molecule has 1 fully saturated rings. The van der Waals surface area contributed by atoms with E-state index in [-0.39, 0.29) is 30.3 Å². The van der Waals surface area contributed by atoms with Gasteiger partial charge in [0.25, 0.3) is 11.8 Å². The van der Waals surface area contributed by atoms with Crippen LogP contribution in [0.3, 0.4) is 0 Å². The lowest BCUT2D eigenvalue weighted by Crippen LogP contribution is -2.52. The maximum Gasteiger partial charge on any atom is 0.264 e. The number of nitrogens with one attached hydrogen (secondary N) is 2. The van der Waals surface area contributed by atoms with Crippen molar-refractivity contribution in [3.05, 3.63) is 51.4 Å². The lowest BCUT2D eigenvalue weighted by atomic mass is 10.2. The third kappa shape index (κ3) is 4.38. The van der Waals surface area contributed by atoms with E-state index < -0.39 is 0 Å². The smallest absolute Gasteiger partial charge is 0.264 e. The summed E-state index contributed by atoms with van der Waals surface area (Å²) in [7, 11) is 0. The van der Waals surface area contributed by atoms with Crippen molar-refractivity contribution in [2.24, 2.45) is 0 Å². The van der Waals surface area contributed by atoms with Gasteiger partial charge in [0.05, 0.1) is 20.5 Å². The number of rotatable bonds is 3. The standard InChI is InChI=1S/C18H20ClN3O2S.ClH/c1-11-9-15(21-17(23)13-5-3-4-6-14(13)19)25-16(11)18(24)22-8-7-20-10-12(22)2;/h3-6,9,12,20H,7-8,10H2,1-2H3,(H,21,23);1H/t12-;/m1./s1. The predicted molar refractivity (Wildman–Crippen MR) is 109 cm³/mol. The molecule has 1 aromatic carbocycles. The van der Waals surface area contributed by atoms with Crippen molar-refractivity contribution >= 4 is 52.2 Å². The van der Waals surface area contributed by atoms with E-state index in [4.69, 9.17) is 11.6 Å². The summed E-state index contributed by atoms with van der Waals surface area (Å²) in [6.45, 7) is 6.22. The first-order chi connectivity index (χ1) is 12.0. The number of hydrogen-bond acceptors (Lipinski definition) is 4. The van der Waals surface area contributed by atoms with Crippen LogP contribution in [0.2, 0.25) is 5.02 Å². The number of thiophene rings is 1. The number of aryl methyl sites for hydroxylation is 1.